The maximum absolute atomic E-state index is 12.9. The molecule has 0 radical (unpaired) electrons. The van der Waals surface area contributed by atoms with Gasteiger partial charge >= 0.3 is 0 Å². The number of ether oxygens (including phenoxy) is 1. The van der Waals surface area contributed by atoms with Crippen LogP contribution in [0.5, 0.6) is 0 Å². The van der Waals surface area contributed by atoms with Crippen LogP contribution in [0.15, 0.2) is 42.6 Å². The Morgan fingerprint density at radius 1 is 1.15 bits per heavy atom. The van der Waals surface area contributed by atoms with E-state index in [0.717, 1.165) is 5.56 Å². The highest BCUT2D eigenvalue weighted by Gasteiger charge is 2.19. The molecule has 0 atom stereocenters. The lowest BCUT2D eigenvalue weighted by Crippen LogP contribution is -2.40. The Morgan fingerprint density at radius 3 is 2.62 bits per heavy atom. The fourth-order valence-electron chi connectivity index (χ4n) is 2.70. The van der Waals surface area contributed by atoms with Gasteiger partial charge in [0.2, 0.25) is 0 Å². The maximum atomic E-state index is 12.9. The van der Waals surface area contributed by atoms with Crippen molar-refractivity contribution >= 4 is 11.8 Å². The zero-order chi connectivity index (χ0) is 18.4. The number of amides is 2. The number of morpholine rings is 1. The molecule has 1 fully saturated rings. The lowest BCUT2D eigenvalue weighted by Gasteiger charge is -2.26. The third-order valence-electron chi connectivity index (χ3n) is 4.15. The minimum absolute atomic E-state index is 0.129. The molecule has 6 nitrogen and oxygen atoms in total. The Morgan fingerprint density at radius 2 is 1.88 bits per heavy atom. The van der Waals surface area contributed by atoms with E-state index in [1.807, 2.05) is 0 Å². The SMILES string of the molecule is O=C(NCCc1ccc(F)cc1)c1cc(C(=O)N2CCOCC2)ccn1. The van der Waals surface area contributed by atoms with E-state index in [1.165, 1.54) is 24.4 Å². The molecule has 1 saturated heterocycles. The van der Waals surface area contributed by atoms with Crippen LogP contribution >= 0.6 is 0 Å². The maximum Gasteiger partial charge on any atom is 0.269 e. The van der Waals surface area contributed by atoms with Gasteiger partial charge in [0.25, 0.3) is 11.8 Å². The fraction of sp³-hybridized carbons (Fsp3) is 0.316. The molecule has 2 aromatic rings. The Balaban J connectivity index is 1.57. The lowest BCUT2D eigenvalue weighted by atomic mass is 10.1. The molecule has 7 heteroatoms. The van der Waals surface area contributed by atoms with Gasteiger partial charge in [-0.2, -0.15) is 0 Å². The van der Waals surface area contributed by atoms with Gasteiger partial charge in [0, 0.05) is 31.4 Å². The van der Waals surface area contributed by atoms with Crippen LogP contribution in [0.3, 0.4) is 0 Å². The van der Waals surface area contributed by atoms with Crippen LogP contribution in [-0.4, -0.2) is 54.5 Å². The van der Waals surface area contributed by atoms with Crippen LogP contribution in [-0.2, 0) is 11.2 Å². The number of benzene rings is 1. The molecule has 0 unspecified atom stereocenters. The number of nitrogens with one attached hydrogen (secondary N) is 1. The van der Waals surface area contributed by atoms with Gasteiger partial charge < -0.3 is 15.0 Å². The van der Waals surface area contributed by atoms with Crippen molar-refractivity contribution < 1.29 is 18.7 Å². The van der Waals surface area contributed by atoms with Crippen molar-refractivity contribution in [1.29, 1.82) is 0 Å². The van der Waals surface area contributed by atoms with E-state index < -0.39 is 0 Å². The first-order chi connectivity index (χ1) is 12.6. The van der Waals surface area contributed by atoms with Crippen molar-refractivity contribution in [2.45, 2.75) is 6.42 Å². The van der Waals surface area contributed by atoms with Crippen molar-refractivity contribution in [2.75, 3.05) is 32.8 Å². The second-order valence-corrected chi connectivity index (χ2v) is 5.97. The van der Waals surface area contributed by atoms with E-state index >= 15 is 0 Å². The molecule has 3 rings (SSSR count). The first kappa shape index (κ1) is 18.0. The molecular formula is C19H20FN3O3. The fourth-order valence-corrected chi connectivity index (χ4v) is 2.70. The molecule has 1 N–H and O–H groups in total. The number of nitrogens with zero attached hydrogens (tertiary/aromatic N) is 2. The predicted octanol–water partition coefficient (Wildman–Crippen LogP) is 1.67. The average molecular weight is 357 g/mol. The molecule has 0 aliphatic carbocycles. The zero-order valence-corrected chi connectivity index (χ0v) is 14.3. The summed E-state index contributed by atoms with van der Waals surface area (Å²) in [5.74, 6) is -0.761. The minimum atomic E-state index is -0.344. The summed E-state index contributed by atoms with van der Waals surface area (Å²) >= 11 is 0. The molecule has 1 aliphatic heterocycles. The van der Waals surface area contributed by atoms with Crippen LogP contribution < -0.4 is 5.32 Å². The summed E-state index contributed by atoms with van der Waals surface area (Å²) in [7, 11) is 0. The monoisotopic (exact) mass is 357 g/mol. The van der Waals surface area contributed by atoms with Crippen LogP contribution in [0.4, 0.5) is 4.39 Å². The normalized spacial score (nSPS) is 14.1. The second kappa shape index (κ2) is 8.53. The van der Waals surface area contributed by atoms with E-state index in [4.69, 9.17) is 4.74 Å². The highest BCUT2D eigenvalue weighted by atomic mass is 19.1. The summed E-state index contributed by atoms with van der Waals surface area (Å²) in [6.45, 7) is 2.52. The summed E-state index contributed by atoms with van der Waals surface area (Å²) in [4.78, 5) is 30.5. The molecule has 0 bridgehead atoms. The van der Waals surface area contributed by atoms with E-state index in [-0.39, 0.29) is 23.3 Å². The third kappa shape index (κ3) is 4.64. The summed E-state index contributed by atoms with van der Waals surface area (Å²) in [6, 6.07) is 9.25. The molecule has 2 amide bonds. The van der Waals surface area contributed by atoms with Gasteiger partial charge in [-0.15, -0.1) is 0 Å². The van der Waals surface area contributed by atoms with Crippen molar-refractivity contribution in [3.63, 3.8) is 0 Å². The largest absolute Gasteiger partial charge is 0.378 e. The summed E-state index contributed by atoms with van der Waals surface area (Å²) in [5.41, 5.74) is 1.56. The van der Waals surface area contributed by atoms with E-state index in [9.17, 15) is 14.0 Å². The van der Waals surface area contributed by atoms with Crippen LogP contribution in [0.2, 0.25) is 0 Å². The molecule has 2 heterocycles. The lowest BCUT2D eigenvalue weighted by molar-refractivity contribution is 0.0303. The quantitative estimate of drug-likeness (QED) is 0.884. The molecular weight excluding hydrogens is 337 g/mol. The Hall–Kier alpha value is -2.80. The van der Waals surface area contributed by atoms with Crippen LogP contribution in [0.25, 0.3) is 0 Å². The van der Waals surface area contributed by atoms with E-state index in [0.29, 0.717) is 44.8 Å². The summed E-state index contributed by atoms with van der Waals surface area (Å²) < 4.78 is 18.1. The van der Waals surface area contributed by atoms with Crippen molar-refractivity contribution in [1.82, 2.24) is 15.2 Å². The van der Waals surface area contributed by atoms with Gasteiger partial charge in [0.15, 0.2) is 0 Å². The van der Waals surface area contributed by atoms with Gasteiger partial charge in [0.05, 0.1) is 13.2 Å². The number of rotatable bonds is 5. The van der Waals surface area contributed by atoms with Gasteiger partial charge in [-0.05, 0) is 36.2 Å². The molecule has 1 aromatic carbocycles. The van der Waals surface area contributed by atoms with Crippen LogP contribution in [0, 0.1) is 5.82 Å². The number of pyridine rings is 1. The predicted molar refractivity (Wildman–Crippen MR) is 93.4 cm³/mol. The second-order valence-electron chi connectivity index (χ2n) is 5.97. The number of hydrogen-bond donors (Lipinski definition) is 1. The van der Waals surface area contributed by atoms with Gasteiger partial charge in [-0.25, -0.2) is 4.39 Å². The number of aromatic nitrogens is 1. The standard InChI is InChI=1S/C19H20FN3O3/c20-16-3-1-14(2-4-16)5-7-22-18(24)17-13-15(6-8-21-17)19(25)23-9-11-26-12-10-23/h1-4,6,8,13H,5,7,9-12H2,(H,22,24). The highest BCUT2D eigenvalue weighted by molar-refractivity contribution is 5.98. The number of carbonyl (C=O) groups is 2. The van der Waals surface area contributed by atoms with Crippen molar-refractivity contribution in [3.05, 3.63) is 65.2 Å². The highest BCUT2D eigenvalue weighted by Crippen LogP contribution is 2.09. The average Bonchev–Trinajstić information content (AvgIpc) is 2.69. The van der Waals surface area contributed by atoms with Crippen LogP contribution in [0.1, 0.15) is 26.4 Å². The van der Waals surface area contributed by atoms with Crippen molar-refractivity contribution in [3.8, 4) is 0 Å². The molecule has 1 aromatic heterocycles. The van der Waals surface area contributed by atoms with Gasteiger partial charge in [-0.3, -0.25) is 14.6 Å². The summed E-state index contributed by atoms with van der Waals surface area (Å²) in [5, 5.41) is 2.77. The Kier molecular flexibility index (Phi) is 5.91. The third-order valence-corrected chi connectivity index (χ3v) is 4.15. The molecule has 0 spiro atoms. The van der Waals surface area contributed by atoms with E-state index in [2.05, 4.69) is 10.3 Å². The topological polar surface area (TPSA) is 71.5 Å². The summed E-state index contributed by atoms with van der Waals surface area (Å²) in [6.07, 6.45) is 2.04. The van der Waals surface area contributed by atoms with Gasteiger partial charge in [-0.1, -0.05) is 12.1 Å². The Labute approximate surface area is 151 Å². The number of halogens is 1. The molecule has 136 valence electrons. The minimum Gasteiger partial charge on any atom is -0.378 e. The molecule has 26 heavy (non-hydrogen) atoms. The first-order valence-corrected chi connectivity index (χ1v) is 8.49. The molecule has 1 aliphatic rings. The van der Waals surface area contributed by atoms with Crippen molar-refractivity contribution in [2.24, 2.45) is 0 Å². The number of hydrogen-bond acceptors (Lipinski definition) is 4. The van der Waals surface area contributed by atoms with Gasteiger partial charge in [0.1, 0.15) is 11.5 Å². The molecule has 0 saturated carbocycles. The first-order valence-electron chi connectivity index (χ1n) is 8.49. The smallest absolute Gasteiger partial charge is 0.269 e. The van der Waals surface area contributed by atoms with E-state index in [1.54, 1.807) is 23.1 Å². The Bertz CT molecular complexity index is 774. The zero-order valence-electron chi connectivity index (χ0n) is 14.3. The number of carbonyl (C=O) groups excluding carboxylic acids is 2.